The molecule has 0 nitrogen and oxygen atoms in total. The molecule has 0 unspecified atom stereocenters. The fourth-order valence-corrected chi connectivity index (χ4v) is 7.95. The lowest BCUT2D eigenvalue weighted by Gasteiger charge is -2.23. The van der Waals surface area contributed by atoms with Gasteiger partial charge in [0, 0.05) is 5.41 Å². The minimum absolute atomic E-state index is 0.0694. The third kappa shape index (κ3) is 4.37. The summed E-state index contributed by atoms with van der Waals surface area (Å²) in [5, 5.41) is 7.61. The average molecular weight is 599 g/mol. The molecule has 0 aromatic heterocycles. The fraction of sp³-hybridized carbons (Fsp3) is 0.0638. The van der Waals surface area contributed by atoms with Crippen molar-refractivity contribution >= 4 is 44.5 Å². The summed E-state index contributed by atoms with van der Waals surface area (Å²) < 4.78 is 0. The molecule has 9 rings (SSSR count). The largest absolute Gasteiger partial charge is 0.0622 e. The molecule has 0 radical (unpaired) electrons. The van der Waals surface area contributed by atoms with Gasteiger partial charge < -0.3 is 0 Å². The summed E-state index contributed by atoms with van der Waals surface area (Å²) in [6.07, 6.45) is 4.55. The summed E-state index contributed by atoms with van der Waals surface area (Å²) in [6.45, 7) is 4.74. The van der Waals surface area contributed by atoms with Crippen molar-refractivity contribution in [3.63, 3.8) is 0 Å². The van der Waals surface area contributed by atoms with Crippen molar-refractivity contribution in [1.29, 1.82) is 0 Å². The van der Waals surface area contributed by atoms with Crippen LogP contribution >= 0.6 is 0 Å². The van der Waals surface area contributed by atoms with Crippen LogP contribution in [-0.4, -0.2) is 0 Å². The molecule has 0 bridgehead atoms. The van der Waals surface area contributed by atoms with Crippen molar-refractivity contribution in [3.05, 3.63) is 180 Å². The van der Waals surface area contributed by atoms with Gasteiger partial charge in [-0.1, -0.05) is 172 Å². The Bertz CT molecular complexity index is 2520. The SMILES string of the molecule is CC1(C)c2ccccc2-c2ccc(-c3c4ccccc4c(/C=C/c4ccccc4)c4ccc(-c5cccc6ccccc56)cc34)cc21. The smallest absolute Gasteiger partial charge is 0.0159 e. The van der Waals surface area contributed by atoms with Crippen molar-refractivity contribution in [3.8, 4) is 33.4 Å². The van der Waals surface area contributed by atoms with Gasteiger partial charge in [-0.15, -0.1) is 0 Å². The van der Waals surface area contributed by atoms with Crippen LogP contribution in [-0.2, 0) is 5.41 Å². The summed E-state index contributed by atoms with van der Waals surface area (Å²) in [5.74, 6) is 0. The number of hydrogen-bond donors (Lipinski definition) is 0. The van der Waals surface area contributed by atoms with Crippen LogP contribution in [0.4, 0.5) is 0 Å². The predicted molar refractivity (Wildman–Crippen MR) is 203 cm³/mol. The maximum absolute atomic E-state index is 2.47. The molecule has 0 fully saturated rings. The van der Waals surface area contributed by atoms with Crippen LogP contribution < -0.4 is 0 Å². The Balaban J connectivity index is 1.35. The highest BCUT2D eigenvalue weighted by atomic mass is 14.4. The fourth-order valence-electron chi connectivity index (χ4n) is 7.95. The van der Waals surface area contributed by atoms with E-state index in [4.69, 9.17) is 0 Å². The van der Waals surface area contributed by atoms with E-state index in [1.807, 2.05) is 0 Å². The van der Waals surface area contributed by atoms with Crippen LogP contribution in [0.15, 0.2) is 158 Å². The first-order valence-corrected chi connectivity index (χ1v) is 16.5. The molecule has 47 heavy (non-hydrogen) atoms. The molecule has 0 heterocycles. The van der Waals surface area contributed by atoms with Gasteiger partial charge in [-0.05, 0) is 100 Å². The number of fused-ring (bicyclic) bond motifs is 6. The summed E-state index contributed by atoms with van der Waals surface area (Å²) in [5.41, 5.74) is 12.9. The van der Waals surface area contributed by atoms with Crippen LogP contribution in [0.3, 0.4) is 0 Å². The number of rotatable bonds is 4. The monoisotopic (exact) mass is 598 g/mol. The lowest BCUT2D eigenvalue weighted by Crippen LogP contribution is -2.14. The molecule has 0 aliphatic heterocycles. The van der Waals surface area contributed by atoms with Crippen LogP contribution in [0.1, 0.15) is 36.1 Å². The van der Waals surface area contributed by atoms with Crippen molar-refractivity contribution in [2.45, 2.75) is 19.3 Å². The van der Waals surface area contributed by atoms with Gasteiger partial charge in [-0.3, -0.25) is 0 Å². The van der Waals surface area contributed by atoms with Gasteiger partial charge in [-0.2, -0.15) is 0 Å². The van der Waals surface area contributed by atoms with E-state index in [1.165, 1.54) is 88.0 Å². The van der Waals surface area contributed by atoms with E-state index < -0.39 is 0 Å². The number of benzene rings is 8. The Labute approximate surface area is 276 Å². The van der Waals surface area contributed by atoms with Crippen molar-refractivity contribution in [1.82, 2.24) is 0 Å². The second-order valence-electron chi connectivity index (χ2n) is 13.3. The standard InChI is InChI=1S/C47H34/c1-47(2)44-22-11-10-19-40(44)41-28-25-34(30-45(41)47)46-42-20-9-8-18-37(42)38(26-23-31-13-4-3-5-14-31)39-27-24-33(29-43(39)46)36-21-12-16-32-15-6-7-17-35(32)36/h3-30H,1-2H3/b26-23+. The molecule has 8 aromatic carbocycles. The molecule has 0 N–H and O–H groups in total. The molecule has 8 aromatic rings. The zero-order chi connectivity index (χ0) is 31.5. The highest BCUT2D eigenvalue weighted by molar-refractivity contribution is 6.19. The number of hydrogen-bond acceptors (Lipinski definition) is 0. The van der Waals surface area contributed by atoms with Crippen LogP contribution in [0.25, 0.3) is 77.9 Å². The minimum atomic E-state index is -0.0694. The third-order valence-electron chi connectivity index (χ3n) is 10.3. The molecule has 0 heteroatoms. The van der Waals surface area contributed by atoms with Crippen molar-refractivity contribution in [2.24, 2.45) is 0 Å². The zero-order valence-corrected chi connectivity index (χ0v) is 26.7. The summed E-state index contributed by atoms with van der Waals surface area (Å²) >= 11 is 0. The third-order valence-corrected chi connectivity index (χ3v) is 10.3. The van der Waals surface area contributed by atoms with Gasteiger partial charge in [0.1, 0.15) is 0 Å². The first kappa shape index (κ1) is 27.6. The van der Waals surface area contributed by atoms with Crippen LogP contribution in [0.5, 0.6) is 0 Å². The molecule has 222 valence electrons. The van der Waals surface area contributed by atoms with E-state index in [-0.39, 0.29) is 5.41 Å². The maximum atomic E-state index is 2.47. The zero-order valence-electron chi connectivity index (χ0n) is 26.7. The highest BCUT2D eigenvalue weighted by Gasteiger charge is 2.35. The van der Waals surface area contributed by atoms with Gasteiger partial charge in [0.2, 0.25) is 0 Å². The quantitative estimate of drug-likeness (QED) is 0.140. The van der Waals surface area contributed by atoms with Crippen molar-refractivity contribution < 1.29 is 0 Å². The van der Waals surface area contributed by atoms with Gasteiger partial charge in [-0.25, -0.2) is 0 Å². The molecule has 0 saturated carbocycles. The Morgan fingerprint density at radius 3 is 1.91 bits per heavy atom. The van der Waals surface area contributed by atoms with E-state index in [0.29, 0.717) is 0 Å². The Morgan fingerprint density at radius 1 is 0.404 bits per heavy atom. The van der Waals surface area contributed by atoms with E-state index >= 15 is 0 Å². The minimum Gasteiger partial charge on any atom is -0.0622 e. The van der Waals surface area contributed by atoms with Crippen molar-refractivity contribution in [2.75, 3.05) is 0 Å². The Hall–Kier alpha value is -5.72. The Morgan fingerprint density at radius 2 is 1.04 bits per heavy atom. The van der Waals surface area contributed by atoms with Crippen LogP contribution in [0.2, 0.25) is 0 Å². The van der Waals surface area contributed by atoms with Gasteiger partial charge >= 0.3 is 0 Å². The van der Waals surface area contributed by atoms with E-state index in [0.717, 1.165) is 0 Å². The van der Waals surface area contributed by atoms with E-state index in [9.17, 15) is 0 Å². The summed E-state index contributed by atoms with van der Waals surface area (Å²) in [7, 11) is 0. The normalized spacial score (nSPS) is 13.4. The molecule has 0 amide bonds. The van der Waals surface area contributed by atoms with Crippen LogP contribution in [0, 0.1) is 0 Å². The second-order valence-corrected chi connectivity index (χ2v) is 13.3. The molecular weight excluding hydrogens is 565 g/mol. The molecule has 0 atom stereocenters. The summed E-state index contributed by atoms with van der Waals surface area (Å²) in [4.78, 5) is 0. The first-order chi connectivity index (χ1) is 23.1. The van der Waals surface area contributed by atoms with E-state index in [1.54, 1.807) is 0 Å². The molecular formula is C47H34. The molecule has 1 aliphatic carbocycles. The maximum Gasteiger partial charge on any atom is 0.0159 e. The van der Waals surface area contributed by atoms with E-state index in [2.05, 4.69) is 184 Å². The predicted octanol–water partition coefficient (Wildman–Crippen LogP) is 13.0. The van der Waals surface area contributed by atoms with Gasteiger partial charge in [0.25, 0.3) is 0 Å². The van der Waals surface area contributed by atoms with Gasteiger partial charge in [0.05, 0.1) is 0 Å². The topological polar surface area (TPSA) is 0 Å². The second kappa shape index (κ2) is 10.7. The lowest BCUT2D eigenvalue weighted by molar-refractivity contribution is 0.660. The average Bonchev–Trinajstić information content (AvgIpc) is 3.35. The molecule has 1 aliphatic rings. The molecule has 0 saturated heterocycles. The highest BCUT2D eigenvalue weighted by Crippen LogP contribution is 2.51. The Kier molecular flexibility index (Phi) is 6.27. The molecule has 0 spiro atoms. The van der Waals surface area contributed by atoms with Gasteiger partial charge in [0.15, 0.2) is 0 Å². The first-order valence-electron chi connectivity index (χ1n) is 16.5. The lowest BCUT2D eigenvalue weighted by atomic mass is 9.80. The summed E-state index contributed by atoms with van der Waals surface area (Å²) in [6, 6.07) is 58.1.